The van der Waals surface area contributed by atoms with Gasteiger partial charge in [0.05, 0.1) is 10.5 Å². The van der Waals surface area contributed by atoms with Gasteiger partial charge in [0.1, 0.15) is 6.04 Å². The van der Waals surface area contributed by atoms with Crippen LogP contribution < -0.4 is 0 Å². The number of para-hydroxylation sites is 1. The molecule has 2 heterocycles. The van der Waals surface area contributed by atoms with Gasteiger partial charge in [0.2, 0.25) is 0 Å². The molecule has 7 nitrogen and oxygen atoms in total. The van der Waals surface area contributed by atoms with Crippen LogP contribution in [-0.2, 0) is 11.3 Å². The molecule has 1 aliphatic heterocycles. The largest absolute Gasteiger partial charge is 0.480 e. The summed E-state index contributed by atoms with van der Waals surface area (Å²) in [5, 5.41) is 20.3. The number of carboxylic acids is 1. The number of nitro groups is 1. The van der Waals surface area contributed by atoms with Crippen molar-refractivity contribution in [3.05, 3.63) is 51.4 Å². The minimum Gasteiger partial charge on any atom is -0.480 e. The summed E-state index contributed by atoms with van der Waals surface area (Å²) in [5.41, 5.74) is 0.769. The molecule has 1 aromatic carbocycles. The lowest BCUT2D eigenvalue weighted by molar-refractivity contribution is -0.384. The third-order valence-corrected chi connectivity index (χ3v) is 5.82. The Labute approximate surface area is 155 Å². The second-order valence-corrected chi connectivity index (χ2v) is 7.53. The van der Waals surface area contributed by atoms with Gasteiger partial charge >= 0.3 is 5.97 Å². The molecule has 0 saturated carbocycles. The monoisotopic (exact) mass is 375 g/mol. The number of thiophene rings is 1. The van der Waals surface area contributed by atoms with E-state index in [2.05, 4.69) is 4.90 Å². The van der Waals surface area contributed by atoms with E-state index in [4.69, 9.17) is 5.11 Å². The molecule has 1 aromatic heterocycles. The Morgan fingerprint density at radius 1 is 1.23 bits per heavy atom. The van der Waals surface area contributed by atoms with Crippen LogP contribution in [0.3, 0.4) is 0 Å². The van der Waals surface area contributed by atoms with Crippen LogP contribution in [0.2, 0.25) is 0 Å². The summed E-state index contributed by atoms with van der Waals surface area (Å²) >= 11 is 1.57. The fourth-order valence-electron chi connectivity index (χ4n) is 3.13. The summed E-state index contributed by atoms with van der Waals surface area (Å²) in [5.74, 6) is -0.786. The number of nitro benzene ring substituents is 1. The molecule has 1 unspecified atom stereocenters. The van der Waals surface area contributed by atoms with E-state index >= 15 is 0 Å². The fourth-order valence-corrected chi connectivity index (χ4v) is 4.22. The summed E-state index contributed by atoms with van der Waals surface area (Å²) < 4.78 is 0. The average Bonchev–Trinajstić information content (AvgIpc) is 3.10. The first kappa shape index (κ1) is 18.5. The summed E-state index contributed by atoms with van der Waals surface area (Å²) in [4.78, 5) is 28.3. The number of benzene rings is 1. The van der Waals surface area contributed by atoms with E-state index in [0.717, 1.165) is 42.5 Å². The first-order valence-electron chi connectivity index (χ1n) is 8.47. The van der Waals surface area contributed by atoms with Gasteiger partial charge in [0, 0.05) is 48.5 Å². The molecule has 26 heavy (non-hydrogen) atoms. The Bertz CT molecular complexity index is 799. The van der Waals surface area contributed by atoms with Crippen LogP contribution >= 0.6 is 11.3 Å². The highest BCUT2D eigenvalue weighted by atomic mass is 32.1. The zero-order valence-corrected chi connectivity index (χ0v) is 15.3. The number of hydrogen-bond acceptors (Lipinski definition) is 6. The van der Waals surface area contributed by atoms with E-state index in [1.54, 1.807) is 30.4 Å². The van der Waals surface area contributed by atoms with E-state index in [0.29, 0.717) is 5.56 Å². The van der Waals surface area contributed by atoms with Crippen LogP contribution in [-0.4, -0.2) is 58.0 Å². The van der Waals surface area contributed by atoms with Gasteiger partial charge in [0.25, 0.3) is 5.69 Å². The number of carboxylic acid groups (broad SMARTS) is 1. The van der Waals surface area contributed by atoms with Crippen molar-refractivity contribution < 1.29 is 14.8 Å². The first-order chi connectivity index (χ1) is 12.5. The molecule has 0 bridgehead atoms. The molecule has 1 N–H and O–H groups in total. The minimum atomic E-state index is -0.786. The zero-order chi connectivity index (χ0) is 18.7. The van der Waals surface area contributed by atoms with E-state index in [1.807, 2.05) is 23.1 Å². The van der Waals surface area contributed by atoms with Crippen LogP contribution in [0.4, 0.5) is 5.69 Å². The zero-order valence-electron chi connectivity index (χ0n) is 14.5. The molecule has 1 aliphatic rings. The van der Waals surface area contributed by atoms with Crippen LogP contribution in [0.1, 0.15) is 11.8 Å². The van der Waals surface area contributed by atoms with Gasteiger partial charge in [-0.3, -0.25) is 24.7 Å². The molecule has 138 valence electrons. The highest BCUT2D eigenvalue weighted by Gasteiger charge is 2.25. The van der Waals surface area contributed by atoms with Gasteiger partial charge in [-0.2, -0.15) is 0 Å². The Kier molecular flexibility index (Phi) is 5.65. The van der Waals surface area contributed by atoms with Gasteiger partial charge in [-0.05, 0) is 25.1 Å². The second kappa shape index (κ2) is 7.94. The van der Waals surface area contributed by atoms with Gasteiger partial charge in [-0.25, -0.2) is 0 Å². The highest BCUT2D eigenvalue weighted by Crippen LogP contribution is 2.35. The quantitative estimate of drug-likeness (QED) is 0.617. The van der Waals surface area contributed by atoms with Crippen molar-refractivity contribution in [2.24, 2.45) is 0 Å². The van der Waals surface area contributed by atoms with Gasteiger partial charge < -0.3 is 5.11 Å². The minimum absolute atomic E-state index is 0.122. The van der Waals surface area contributed by atoms with E-state index in [-0.39, 0.29) is 10.6 Å². The Balaban J connectivity index is 1.64. The van der Waals surface area contributed by atoms with E-state index in [1.165, 1.54) is 6.07 Å². The Morgan fingerprint density at radius 3 is 2.58 bits per heavy atom. The molecule has 3 rings (SSSR count). The fraction of sp³-hybridized carbons (Fsp3) is 0.389. The van der Waals surface area contributed by atoms with Crippen molar-refractivity contribution in [2.75, 3.05) is 26.2 Å². The molecular weight excluding hydrogens is 354 g/mol. The van der Waals surface area contributed by atoms with Crippen LogP contribution in [0.15, 0.2) is 36.4 Å². The van der Waals surface area contributed by atoms with Gasteiger partial charge in [-0.15, -0.1) is 11.3 Å². The van der Waals surface area contributed by atoms with Crippen LogP contribution in [0.5, 0.6) is 0 Å². The molecule has 0 spiro atoms. The summed E-state index contributed by atoms with van der Waals surface area (Å²) in [6, 6.07) is 10.3. The predicted molar refractivity (Wildman–Crippen MR) is 100 cm³/mol. The Hall–Kier alpha value is -2.29. The molecule has 8 heteroatoms. The smallest absolute Gasteiger partial charge is 0.320 e. The SMILES string of the molecule is CC(C(=O)O)N1CCN(Cc2ccc(-c3ccccc3[N+](=O)[O-])s2)CC1. The van der Waals surface area contributed by atoms with Crippen LogP contribution in [0.25, 0.3) is 10.4 Å². The van der Waals surface area contributed by atoms with Crippen LogP contribution in [0, 0.1) is 10.1 Å². The summed E-state index contributed by atoms with van der Waals surface area (Å²) in [6.45, 7) is 5.59. The summed E-state index contributed by atoms with van der Waals surface area (Å²) in [6.07, 6.45) is 0. The number of carbonyl (C=O) groups is 1. The van der Waals surface area contributed by atoms with Gasteiger partial charge in [-0.1, -0.05) is 12.1 Å². The molecule has 1 fully saturated rings. The highest BCUT2D eigenvalue weighted by molar-refractivity contribution is 7.15. The molecule has 0 radical (unpaired) electrons. The van der Waals surface area contributed by atoms with Crippen molar-refractivity contribution >= 4 is 23.0 Å². The van der Waals surface area contributed by atoms with Gasteiger partial charge in [0.15, 0.2) is 0 Å². The average molecular weight is 375 g/mol. The van der Waals surface area contributed by atoms with E-state index < -0.39 is 12.0 Å². The normalized spacial score (nSPS) is 17.1. The number of rotatable bonds is 6. The topological polar surface area (TPSA) is 86.9 Å². The number of aliphatic carboxylic acids is 1. The maximum atomic E-state index is 11.2. The standard InChI is InChI=1S/C18H21N3O4S/c1-13(18(22)23)20-10-8-19(9-11-20)12-14-6-7-17(26-14)15-4-2-3-5-16(15)21(24)25/h2-7,13H,8-12H2,1H3,(H,22,23). The molecule has 2 aromatic rings. The second-order valence-electron chi connectivity index (χ2n) is 6.37. The lowest BCUT2D eigenvalue weighted by atomic mass is 10.1. The van der Waals surface area contributed by atoms with Crippen molar-refractivity contribution in [1.29, 1.82) is 0 Å². The maximum absolute atomic E-state index is 11.2. The van der Waals surface area contributed by atoms with E-state index in [9.17, 15) is 14.9 Å². The number of piperazine rings is 1. The Morgan fingerprint density at radius 2 is 1.92 bits per heavy atom. The molecule has 1 atom stereocenters. The lowest BCUT2D eigenvalue weighted by Gasteiger charge is -2.36. The molecule has 1 saturated heterocycles. The first-order valence-corrected chi connectivity index (χ1v) is 9.29. The molecule has 0 aliphatic carbocycles. The van der Waals surface area contributed by atoms with Crippen molar-refractivity contribution in [2.45, 2.75) is 19.5 Å². The molecular formula is C18H21N3O4S. The molecule has 0 amide bonds. The van der Waals surface area contributed by atoms with Crippen molar-refractivity contribution in [3.8, 4) is 10.4 Å². The predicted octanol–water partition coefficient (Wildman–Crippen LogP) is 2.91. The number of nitrogens with zero attached hydrogens (tertiary/aromatic N) is 3. The summed E-state index contributed by atoms with van der Waals surface area (Å²) in [7, 11) is 0. The van der Waals surface area contributed by atoms with Crippen molar-refractivity contribution in [1.82, 2.24) is 9.80 Å². The third-order valence-electron chi connectivity index (χ3n) is 4.72. The number of hydrogen-bond donors (Lipinski definition) is 1. The maximum Gasteiger partial charge on any atom is 0.320 e. The lowest BCUT2D eigenvalue weighted by Crippen LogP contribution is -2.51. The van der Waals surface area contributed by atoms with Crippen molar-refractivity contribution in [3.63, 3.8) is 0 Å². The third kappa shape index (κ3) is 4.09.